The molecule has 2 rings (SSSR count). The SMILES string of the molecule is CC(OC(C)(C)C)C(NC(=O)c1ccc(C#Cc2ccc(CNCCF)cc2)cc1)C(N)=O. The Balaban J connectivity index is 2.00. The van der Waals surface area contributed by atoms with Crippen LogP contribution in [0, 0.1) is 11.8 Å². The number of hydrogen-bond donors (Lipinski definition) is 3. The van der Waals surface area contributed by atoms with Crippen LogP contribution in [0.15, 0.2) is 48.5 Å². The molecule has 0 fully saturated rings. The lowest BCUT2D eigenvalue weighted by Gasteiger charge is -2.29. The summed E-state index contributed by atoms with van der Waals surface area (Å²) < 4.78 is 17.9. The Kier molecular flexibility index (Phi) is 9.58. The molecule has 0 aliphatic rings. The van der Waals surface area contributed by atoms with Gasteiger partial charge in [0, 0.05) is 29.8 Å². The van der Waals surface area contributed by atoms with E-state index in [2.05, 4.69) is 22.5 Å². The van der Waals surface area contributed by atoms with Crippen LogP contribution >= 0.6 is 0 Å². The Bertz CT molecular complexity index is 987. The van der Waals surface area contributed by atoms with Gasteiger partial charge in [-0.05, 0) is 69.7 Å². The smallest absolute Gasteiger partial charge is 0.252 e. The van der Waals surface area contributed by atoms with E-state index in [0.29, 0.717) is 18.7 Å². The molecular formula is C26H32FN3O3. The van der Waals surface area contributed by atoms with Crippen LogP contribution in [-0.2, 0) is 16.1 Å². The monoisotopic (exact) mass is 453 g/mol. The summed E-state index contributed by atoms with van der Waals surface area (Å²) in [6.07, 6.45) is -0.581. The van der Waals surface area contributed by atoms with E-state index < -0.39 is 29.6 Å². The van der Waals surface area contributed by atoms with Crippen molar-refractivity contribution < 1.29 is 18.7 Å². The van der Waals surface area contributed by atoms with Crippen molar-refractivity contribution in [1.29, 1.82) is 0 Å². The van der Waals surface area contributed by atoms with E-state index in [9.17, 15) is 14.0 Å². The summed E-state index contributed by atoms with van der Waals surface area (Å²) in [7, 11) is 0. The van der Waals surface area contributed by atoms with Crippen LogP contribution in [0.1, 0.15) is 54.7 Å². The van der Waals surface area contributed by atoms with E-state index in [0.717, 1.165) is 16.7 Å². The number of carbonyl (C=O) groups excluding carboxylic acids is 2. The van der Waals surface area contributed by atoms with Crippen molar-refractivity contribution in [1.82, 2.24) is 10.6 Å². The highest BCUT2D eigenvalue weighted by Crippen LogP contribution is 2.14. The molecule has 0 saturated heterocycles. The molecule has 7 heteroatoms. The minimum absolute atomic E-state index is 0.336. The fraction of sp³-hybridized carbons (Fsp3) is 0.385. The maximum Gasteiger partial charge on any atom is 0.252 e. The van der Waals surface area contributed by atoms with Gasteiger partial charge in [-0.25, -0.2) is 4.39 Å². The molecule has 0 saturated carbocycles. The number of nitrogens with two attached hydrogens (primary N) is 1. The van der Waals surface area contributed by atoms with Crippen LogP contribution in [0.5, 0.6) is 0 Å². The first-order chi connectivity index (χ1) is 15.6. The molecule has 0 heterocycles. The number of amides is 2. The van der Waals surface area contributed by atoms with Gasteiger partial charge in [-0.3, -0.25) is 9.59 Å². The molecule has 2 aromatic carbocycles. The highest BCUT2D eigenvalue weighted by molar-refractivity contribution is 5.97. The molecule has 2 amide bonds. The summed E-state index contributed by atoms with van der Waals surface area (Å²) >= 11 is 0. The van der Waals surface area contributed by atoms with Gasteiger partial charge in [-0.1, -0.05) is 24.0 Å². The Morgan fingerprint density at radius 1 is 1.03 bits per heavy atom. The van der Waals surface area contributed by atoms with Gasteiger partial charge >= 0.3 is 0 Å². The largest absolute Gasteiger partial charge is 0.370 e. The fourth-order valence-electron chi connectivity index (χ4n) is 3.12. The van der Waals surface area contributed by atoms with Crippen molar-refractivity contribution in [3.05, 3.63) is 70.8 Å². The lowest BCUT2D eigenvalue weighted by Crippen LogP contribution is -2.53. The van der Waals surface area contributed by atoms with Gasteiger partial charge in [0.1, 0.15) is 12.7 Å². The average molecular weight is 454 g/mol. The number of halogens is 1. The average Bonchev–Trinajstić information content (AvgIpc) is 2.76. The Morgan fingerprint density at radius 2 is 1.58 bits per heavy atom. The molecule has 6 nitrogen and oxygen atoms in total. The molecule has 4 N–H and O–H groups in total. The van der Waals surface area contributed by atoms with Crippen LogP contribution in [0.2, 0.25) is 0 Å². The second-order valence-corrected chi connectivity index (χ2v) is 8.68. The zero-order valence-electron chi connectivity index (χ0n) is 19.6. The van der Waals surface area contributed by atoms with Crippen LogP contribution in [0.25, 0.3) is 0 Å². The third kappa shape index (κ3) is 9.05. The molecule has 0 bridgehead atoms. The number of nitrogens with one attached hydrogen (secondary N) is 2. The molecule has 0 radical (unpaired) electrons. The van der Waals surface area contributed by atoms with Gasteiger partial charge in [-0.2, -0.15) is 0 Å². The number of hydrogen-bond acceptors (Lipinski definition) is 4. The second-order valence-electron chi connectivity index (χ2n) is 8.68. The van der Waals surface area contributed by atoms with Gasteiger partial charge in [-0.15, -0.1) is 0 Å². The van der Waals surface area contributed by atoms with Gasteiger partial charge in [0.25, 0.3) is 5.91 Å². The lowest BCUT2D eigenvalue weighted by atomic mass is 10.1. The number of primary amides is 1. The van der Waals surface area contributed by atoms with Gasteiger partial charge in [0.2, 0.25) is 5.91 Å². The van der Waals surface area contributed by atoms with Gasteiger partial charge in [0.05, 0.1) is 11.7 Å². The minimum atomic E-state index is -0.952. The van der Waals surface area contributed by atoms with Crippen LogP contribution in [0.4, 0.5) is 4.39 Å². The maximum absolute atomic E-state index is 12.6. The number of ether oxygens (including phenoxy) is 1. The van der Waals surface area contributed by atoms with Crippen molar-refractivity contribution in [2.75, 3.05) is 13.2 Å². The second kappa shape index (κ2) is 12.1. The Morgan fingerprint density at radius 3 is 2.06 bits per heavy atom. The van der Waals surface area contributed by atoms with E-state index in [1.165, 1.54) is 0 Å². The first-order valence-electron chi connectivity index (χ1n) is 10.8. The molecule has 2 aromatic rings. The Hall–Kier alpha value is -3.21. The maximum atomic E-state index is 12.6. The summed E-state index contributed by atoms with van der Waals surface area (Å²) in [6, 6.07) is 13.5. The van der Waals surface area contributed by atoms with E-state index in [4.69, 9.17) is 10.5 Å². The van der Waals surface area contributed by atoms with Crippen molar-refractivity contribution in [2.45, 2.75) is 52.0 Å². The first-order valence-corrected chi connectivity index (χ1v) is 10.8. The number of benzene rings is 2. The lowest BCUT2D eigenvalue weighted by molar-refractivity contribution is -0.127. The van der Waals surface area contributed by atoms with Crippen molar-refractivity contribution >= 4 is 11.8 Å². The summed E-state index contributed by atoms with van der Waals surface area (Å²) in [6.45, 7) is 7.85. The van der Waals surface area contributed by atoms with Crippen LogP contribution < -0.4 is 16.4 Å². The summed E-state index contributed by atoms with van der Waals surface area (Å²) in [5.41, 5.74) is 8.03. The fourth-order valence-corrected chi connectivity index (χ4v) is 3.12. The zero-order chi connectivity index (χ0) is 24.4. The summed E-state index contributed by atoms with van der Waals surface area (Å²) in [4.78, 5) is 24.5. The molecule has 0 spiro atoms. The van der Waals surface area contributed by atoms with Gasteiger partial charge < -0.3 is 21.1 Å². The highest BCUT2D eigenvalue weighted by atomic mass is 19.1. The molecule has 0 aliphatic carbocycles. The van der Waals surface area contributed by atoms with Crippen molar-refractivity contribution in [3.63, 3.8) is 0 Å². The third-order valence-electron chi connectivity index (χ3n) is 4.65. The quantitative estimate of drug-likeness (QED) is 0.402. The molecule has 0 aromatic heterocycles. The standard InChI is InChI=1S/C26H32FN3O3/c1-18(33-26(2,3)4)23(24(28)31)30-25(32)22-13-11-20(12-14-22)6-5-19-7-9-21(10-8-19)17-29-16-15-27/h7-14,18,23,29H,15-17H2,1-4H3,(H2,28,31)(H,30,32). The molecule has 2 atom stereocenters. The topological polar surface area (TPSA) is 93.4 Å². The predicted molar refractivity (Wildman–Crippen MR) is 127 cm³/mol. The number of carbonyl (C=O) groups is 2. The molecule has 176 valence electrons. The first kappa shape index (κ1) is 26.0. The van der Waals surface area contributed by atoms with E-state index >= 15 is 0 Å². The van der Waals surface area contributed by atoms with E-state index in [-0.39, 0.29) is 6.67 Å². The van der Waals surface area contributed by atoms with E-state index in [1.54, 1.807) is 31.2 Å². The van der Waals surface area contributed by atoms with Crippen LogP contribution in [0.3, 0.4) is 0 Å². The molecular weight excluding hydrogens is 421 g/mol. The summed E-state index contributed by atoms with van der Waals surface area (Å²) in [5, 5.41) is 5.66. The third-order valence-corrected chi connectivity index (χ3v) is 4.65. The van der Waals surface area contributed by atoms with Crippen LogP contribution in [-0.4, -0.2) is 42.8 Å². The Labute approximate surface area is 195 Å². The molecule has 2 unspecified atom stereocenters. The van der Waals surface area contributed by atoms with Crippen molar-refractivity contribution in [2.24, 2.45) is 5.73 Å². The number of rotatable bonds is 9. The minimum Gasteiger partial charge on any atom is -0.370 e. The predicted octanol–water partition coefficient (Wildman–Crippen LogP) is 2.93. The normalized spacial score (nSPS) is 12.9. The van der Waals surface area contributed by atoms with Crippen molar-refractivity contribution in [3.8, 4) is 11.8 Å². The van der Waals surface area contributed by atoms with Gasteiger partial charge in [0.15, 0.2) is 0 Å². The molecule has 33 heavy (non-hydrogen) atoms. The summed E-state index contributed by atoms with van der Waals surface area (Å²) in [5.74, 6) is 5.06. The number of alkyl halides is 1. The zero-order valence-corrected chi connectivity index (χ0v) is 19.6. The highest BCUT2D eigenvalue weighted by Gasteiger charge is 2.29. The van der Waals surface area contributed by atoms with E-state index in [1.807, 2.05) is 45.0 Å². The molecule has 0 aliphatic heterocycles.